The predicted octanol–water partition coefficient (Wildman–Crippen LogP) is 4.26. The summed E-state index contributed by atoms with van der Waals surface area (Å²) in [6.45, 7) is 2.04. The monoisotopic (exact) mass is 267 g/mol. The Kier molecular flexibility index (Phi) is 3.25. The van der Waals surface area contributed by atoms with E-state index < -0.39 is 0 Å². The van der Waals surface area contributed by atoms with Gasteiger partial charge in [0.2, 0.25) is 0 Å². The van der Waals surface area contributed by atoms with Crippen LogP contribution < -0.4 is 5.32 Å². The number of rotatable bonds is 3. The van der Waals surface area contributed by atoms with Gasteiger partial charge in [-0.1, -0.05) is 30.3 Å². The highest BCUT2D eigenvalue weighted by atomic mass is 32.1. The summed E-state index contributed by atoms with van der Waals surface area (Å²) in [6, 6.07) is 14.3. The Morgan fingerprint density at radius 2 is 1.84 bits per heavy atom. The van der Waals surface area contributed by atoms with Crippen molar-refractivity contribution in [3.63, 3.8) is 0 Å². The highest BCUT2D eigenvalue weighted by molar-refractivity contribution is 7.15. The molecule has 0 spiro atoms. The number of nitrogens with one attached hydrogen (secondary N) is 1. The predicted molar refractivity (Wildman–Crippen MR) is 79.8 cm³/mol. The van der Waals surface area contributed by atoms with E-state index in [0.29, 0.717) is 0 Å². The van der Waals surface area contributed by atoms with E-state index in [2.05, 4.69) is 27.4 Å². The molecule has 3 nitrogen and oxygen atoms in total. The fraction of sp³-hybridized carbons (Fsp3) is 0.0667. The molecule has 0 aliphatic heterocycles. The summed E-state index contributed by atoms with van der Waals surface area (Å²) in [5, 5.41) is 4.10. The number of pyridine rings is 1. The molecular formula is C15H13N3S. The molecule has 0 saturated heterocycles. The quantitative estimate of drug-likeness (QED) is 0.770. The molecule has 0 saturated carbocycles. The Morgan fingerprint density at radius 3 is 2.58 bits per heavy atom. The maximum Gasteiger partial charge on any atom is 0.188 e. The first-order valence-corrected chi connectivity index (χ1v) is 6.84. The van der Waals surface area contributed by atoms with Crippen LogP contribution in [0.5, 0.6) is 0 Å². The molecule has 2 heterocycles. The molecule has 1 N–H and O–H groups in total. The maximum atomic E-state index is 4.32. The van der Waals surface area contributed by atoms with Crippen molar-refractivity contribution in [2.24, 2.45) is 0 Å². The van der Waals surface area contributed by atoms with Crippen LogP contribution in [0.4, 0.5) is 10.9 Å². The van der Waals surface area contributed by atoms with Gasteiger partial charge in [-0.15, -0.1) is 11.3 Å². The Balaban J connectivity index is 1.88. The van der Waals surface area contributed by atoms with Crippen LogP contribution in [-0.4, -0.2) is 9.97 Å². The van der Waals surface area contributed by atoms with Crippen LogP contribution in [0.25, 0.3) is 11.1 Å². The standard InChI is InChI=1S/C15H13N3S/c1-11-10-17-15(19-11)18-14-9-13(7-8-16-14)12-5-3-2-4-6-12/h2-10H,1H3,(H,16,17,18). The van der Waals surface area contributed by atoms with E-state index in [-0.39, 0.29) is 0 Å². The van der Waals surface area contributed by atoms with Crippen LogP contribution in [-0.2, 0) is 0 Å². The van der Waals surface area contributed by atoms with Crippen LogP contribution in [0, 0.1) is 6.92 Å². The second-order valence-electron chi connectivity index (χ2n) is 4.20. The molecule has 0 fully saturated rings. The van der Waals surface area contributed by atoms with Crippen molar-refractivity contribution in [2.45, 2.75) is 6.92 Å². The smallest absolute Gasteiger partial charge is 0.188 e. The Hall–Kier alpha value is -2.20. The number of aromatic nitrogens is 2. The number of nitrogens with zero attached hydrogens (tertiary/aromatic N) is 2. The van der Waals surface area contributed by atoms with Gasteiger partial charge in [-0.2, -0.15) is 0 Å². The van der Waals surface area contributed by atoms with E-state index in [1.54, 1.807) is 11.3 Å². The molecular weight excluding hydrogens is 254 g/mol. The van der Waals surface area contributed by atoms with Gasteiger partial charge in [-0.05, 0) is 30.2 Å². The normalized spacial score (nSPS) is 10.4. The van der Waals surface area contributed by atoms with Crippen molar-refractivity contribution >= 4 is 22.3 Å². The van der Waals surface area contributed by atoms with Crippen molar-refractivity contribution in [1.82, 2.24) is 9.97 Å². The molecule has 0 radical (unpaired) electrons. The second-order valence-corrected chi connectivity index (χ2v) is 5.43. The van der Waals surface area contributed by atoms with Crippen LogP contribution in [0.15, 0.2) is 54.9 Å². The highest BCUT2D eigenvalue weighted by Crippen LogP contribution is 2.24. The Bertz CT molecular complexity index is 677. The number of hydrogen-bond acceptors (Lipinski definition) is 4. The van der Waals surface area contributed by atoms with Crippen LogP contribution >= 0.6 is 11.3 Å². The third kappa shape index (κ3) is 2.80. The van der Waals surface area contributed by atoms with Crippen molar-refractivity contribution < 1.29 is 0 Å². The van der Waals surface area contributed by atoms with Gasteiger partial charge in [0.25, 0.3) is 0 Å². The molecule has 3 aromatic rings. The first kappa shape index (κ1) is 11.9. The highest BCUT2D eigenvalue weighted by Gasteiger charge is 2.02. The fourth-order valence-corrected chi connectivity index (χ4v) is 2.50. The zero-order chi connectivity index (χ0) is 13.1. The molecule has 2 aromatic heterocycles. The van der Waals surface area contributed by atoms with E-state index in [1.165, 1.54) is 10.4 Å². The van der Waals surface area contributed by atoms with Gasteiger partial charge in [-0.25, -0.2) is 9.97 Å². The lowest BCUT2D eigenvalue weighted by molar-refractivity contribution is 1.28. The minimum Gasteiger partial charge on any atom is -0.316 e. The minimum atomic E-state index is 0.815. The molecule has 0 amide bonds. The number of thiazole rings is 1. The molecule has 0 unspecified atom stereocenters. The first-order valence-electron chi connectivity index (χ1n) is 6.02. The summed E-state index contributed by atoms with van der Waals surface area (Å²) >= 11 is 1.62. The molecule has 0 atom stereocenters. The topological polar surface area (TPSA) is 37.8 Å². The lowest BCUT2D eigenvalue weighted by Gasteiger charge is -2.05. The number of aryl methyl sites for hydroxylation is 1. The van der Waals surface area contributed by atoms with Crippen molar-refractivity contribution in [3.8, 4) is 11.1 Å². The van der Waals surface area contributed by atoms with Gasteiger partial charge in [0.15, 0.2) is 5.13 Å². The summed E-state index contributed by atoms with van der Waals surface area (Å²) in [5.74, 6) is 0.815. The SMILES string of the molecule is Cc1cnc(Nc2cc(-c3ccccc3)ccn2)s1. The summed E-state index contributed by atoms with van der Waals surface area (Å²) in [5.41, 5.74) is 2.33. The molecule has 94 valence electrons. The molecule has 1 aromatic carbocycles. The van der Waals surface area contributed by atoms with Crippen molar-refractivity contribution in [3.05, 3.63) is 59.7 Å². The van der Waals surface area contributed by atoms with E-state index in [9.17, 15) is 0 Å². The van der Waals surface area contributed by atoms with Crippen molar-refractivity contribution in [1.29, 1.82) is 0 Å². The molecule has 3 rings (SSSR count). The third-order valence-electron chi connectivity index (χ3n) is 2.72. The second kappa shape index (κ2) is 5.20. The molecule has 0 aliphatic carbocycles. The van der Waals surface area contributed by atoms with Gasteiger partial charge in [0.1, 0.15) is 5.82 Å². The van der Waals surface area contributed by atoms with Gasteiger partial charge < -0.3 is 5.32 Å². The largest absolute Gasteiger partial charge is 0.316 e. The average Bonchev–Trinajstić information content (AvgIpc) is 2.85. The van der Waals surface area contributed by atoms with Gasteiger partial charge in [0, 0.05) is 17.3 Å². The summed E-state index contributed by atoms with van der Waals surface area (Å²) in [6.07, 6.45) is 3.67. The average molecular weight is 267 g/mol. The summed E-state index contributed by atoms with van der Waals surface area (Å²) < 4.78 is 0. The van der Waals surface area contributed by atoms with E-state index in [0.717, 1.165) is 16.5 Å². The first-order chi connectivity index (χ1) is 9.31. The zero-order valence-electron chi connectivity index (χ0n) is 10.5. The Morgan fingerprint density at radius 1 is 1.00 bits per heavy atom. The van der Waals surface area contributed by atoms with E-state index in [4.69, 9.17) is 0 Å². The van der Waals surface area contributed by atoms with Gasteiger partial charge >= 0.3 is 0 Å². The third-order valence-corrected chi connectivity index (χ3v) is 3.55. The number of hydrogen-bond donors (Lipinski definition) is 1. The number of anilines is 2. The molecule has 4 heteroatoms. The minimum absolute atomic E-state index is 0.815. The zero-order valence-corrected chi connectivity index (χ0v) is 11.3. The van der Waals surface area contributed by atoms with E-state index >= 15 is 0 Å². The summed E-state index contributed by atoms with van der Waals surface area (Å²) in [7, 11) is 0. The molecule has 19 heavy (non-hydrogen) atoms. The van der Waals surface area contributed by atoms with Crippen LogP contribution in [0.2, 0.25) is 0 Å². The van der Waals surface area contributed by atoms with Gasteiger partial charge in [-0.3, -0.25) is 0 Å². The molecule has 0 aliphatic rings. The van der Waals surface area contributed by atoms with Crippen molar-refractivity contribution in [2.75, 3.05) is 5.32 Å². The van der Waals surface area contributed by atoms with E-state index in [1.807, 2.05) is 49.6 Å². The van der Waals surface area contributed by atoms with Crippen LogP contribution in [0.3, 0.4) is 0 Å². The maximum absolute atomic E-state index is 4.32. The number of benzene rings is 1. The van der Waals surface area contributed by atoms with Crippen LogP contribution in [0.1, 0.15) is 4.88 Å². The molecule has 0 bridgehead atoms. The van der Waals surface area contributed by atoms with Gasteiger partial charge in [0.05, 0.1) is 0 Å². The lowest BCUT2D eigenvalue weighted by Crippen LogP contribution is -1.92. The lowest BCUT2D eigenvalue weighted by atomic mass is 10.1. The fourth-order valence-electron chi connectivity index (χ4n) is 1.83. The Labute approximate surface area is 116 Å². The summed E-state index contributed by atoms with van der Waals surface area (Å²) in [4.78, 5) is 9.79.